The molecule has 0 saturated carbocycles. The molecular weight excluding hydrogens is 340 g/mol. The van der Waals surface area contributed by atoms with Crippen LogP contribution >= 0.6 is 0 Å². The molecule has 7 nitrogen and oxygen atoms in total. The molecule has 2 N–H and O–H groups in total. The smallest absolute Gasteiger partial charge is 0.225 e. The maximum atomic E-state index is 5.41. The van der Waals surface area contributed by atoms with Crippen molar-refractivity contribution >= 4 is 17.5 Å². The maximum absolute atomic E-state index is 5.41. The first-order valence-corrected chi connectivity index (χ1v) is 8.76. The van der Waals surface area contributed by atoms with Gasteiger partial charge in [-0.05, 0) is 19.9 Å². The molecule has 0 unspecified atom stereocenters. The first-order valence-electron chi connectivity index (χ1n) is 8.76. The van der Waals surface area contributed by atoms with Crippen molar-refractivity contribution in [3.8, 4) is 11.3 Å². The lowest BCUT2D eigenvalue weighted by atomic mass is 10.1. The minimum absolute atomic E-state index is 0.444. The second-order valence-corrected chi connectivity index (χ2v) is 6.37. The predicted octanol–water partition coefficient (Wildman–Crippen LogP) is 3.63. The van der Waals surface area contributed by atoms with E-state index in [0.29, 0.717) is 24.1 Å². The van der Waals surface area contributed by atoms with Crippen LogP contribution in [-0.4, -0.2) is 27.4 Å². The fourth-order valence-corrected chi connectivity index (χ4v) is 2.80. The van der Waals surface area contributed by atoms with Gasteiger partial charge in [0, 0.05) is 29.1 Å². The molecular formula is C20H20N6O. The van der Waals surface area contributed by atoms with Crippen molar-refractivity contribution in [2.24, 2.45) is 4.99 Å². The first kappa shape index (κ1) is 17.0. The number of allylic oxidation sites excluding steroid dienone is 1. The third-order valence-corrected chi connectivity index (χ3v) is 4.08. The Kier molecular flexibility index (Phi) is 4.65. The standard InChI is InChI=1S/C20H20N6O/c1-13-8-16(11-21-13)24-19-9-14(2)23-20(25-19)22-12-17-10-18(26-27-17)15-6-4-3-5-7-15/h3-10,21H,11-12H2,1-2H3,(H,22,23,25). The molecule has 4 rings (SSSR count). The van der Waals surface area contributed by atoms with Crippen LogP contribution in [0.1, 0.15) is 18.4 Å². The second-order valence-electron chi connectivity index (χ2n) is 6.37. The number of nitrogens with zero attached hydrogens (tertiary/aromatic N) is 4. The molecule has 3 heterocycles. The van der Waals surface area contributed by atoms with Gasteiger partial charge in [0.05, 0.1) is 18.8 Å². The summed E-state index contributed by atoms with van der Waals surface area (Å²) >= 11 is 0. The number of anilines is 1. The van der Waals surface area contributed by atoms with E-state index in [1.54, 1.807) is 0 Å². The lowest BCUT2D eigenvalue weighted by Crippen LogP contribution is -2.10. The number of aromatic nitrogens is 3. The average Bonchev–Trinajstić information content (AvgIpc) is 3.29. The normalized spacial score (nSPS) is 14.9. The van der Waals surface area contributed by atoms with Gasteiger partial charge in [-0.15, -0.1) is 0 Å². The third-order valence-electron chi connectivity index (χ3n) is 4.08. The van der Waals surface area contributed by atoms with Gasteiger partial charge >= 0.3 is 0 Å². The number of hydrogen-bond donors (Lipinski definition) is 2. The molecule has 0 bridgehead atoms. The highest BCUT2D eigenvalue weighted by atomic mass is 16.5. The van der Waals surface area contributed by atoms with Crippen molar-refractivity contribution in [2.45, 2.75) is 20.4 Å². The predicted molar refractivity (Wildman–Crippen MR) is 105 cm³/mol. The molecule has 0 fully saturated rings. The summed E-state index contributed by atoms with van der Waals surface area (Å²) in [5, 5.41) is 10.5. The zero-order valence-electron chi connectivity index (χ0n) is 15.2. The van der Waals surface area contributed by atoms with Crippen molar-refractivity contribution in [1.82, 2.24) is 20.4 Å². The van der Waals surface area contributed by atoms with Crippen LogP contribution in [0.3, 0.4) is 0 Å². The Balaban J connectivity index is 1.46. The van der Waals surface area contributed by atoms with Crippen LogP contribution in [0.4, 0.5) is 11.8 Å². The number of aliphatic imine (C=N–C) groups is 1. The van der Waals surface area contributed by atoms with E-state index >= 15 is 0 Å². The van der Waals surface area contributed by atoms with E-state index in [0.717, 1.165) is 34.9 Å². The van der Waals surface area contributed by atoms with Gasteiger partial charge in [-0.1, -0.05) is 35.5 Å². The summed E-state index contributed by atoms with van der Waals surface area (Å²) in [6, 6.07) is 13.7. The van der Waals surface area contributed by atoms with Crippen molar-refractivity contribution in [3.63, 3.8) is 0 Å². The summed E-state index contributed by atoms with van der Waals surface area (Å²) < 4.78 is 5.41. The number of nitrogens with one attached hydrogen (secondary N) is 2. The second kappa shape index (κ2) is 7.41. The average molecular weight is 360 g/mol. The number of hydrogen-bond acceptors (Lipinski definition) is 7. The van der Waals surface area contributed by atoms with Gasteiger partial charge in [-0.3, -0.25) is 0 Å². The van der Waals surface area contributed by atoms with Crippen molar-refractivity contribution in [3.05, 3.63) is 65.7 Å². The minimum atomic E-state index is 0.444. The summed E-state index contributed by atoms with van der Waals surface area (Å²) in [6.07, 6.45) is 2.02. The zero-order chi connectivity index (χ0) is 18.6. The quantitative estimate of drug-likeness (QED) is 0.722. The molecule has 1 aliphatic heterocycles. The highest BCUT2D eigenvalue weighted by Gasteiger charge is 2.09. The lowest BCUT2D eigenvalue weighted by Gasteiger charge is -2.05. The molecule has 0 radical (unpaired) electrons. The van der Waals surface area contributed by atoms with Crippen LogP contribution in [0.25, 0.3) is 11.3 Å². The van der Waals surface area contributed by atoms with Crippen LogP contribution in [0.15, 0.2) is 63.8 Å². The number of aryl methyl sites for hydroxylation is 1. The van der Waals surface area contributed by atoms with Gasteiger partial charge < -0.3 is 15.2 Å². The first-order chi connectivity index (χ1) is 13.2. The lowest BCUT2D eigenvalue weighted by molar-refractivity contribution is 0.390. The molecule has 0 atom stereocenters. The Morgan fingerprint density at radius 2 is 2.00 bits per heavy atom. The van der Waals surface area contributed by atoms with Gasteiger partial charge in [0.1, 0.15) is 5.69 Å². The molecule has 0 saturated heterocycles. The van der Waals surface area contributed by atoms with E-state index in [1.165, 1.54) is 0 Å². The van der Waals surface area contributed by atoms with Crippen molar-refractivity contribution in [2.75, 3.05) is 11.9 Å². The summed E-state index contributed by atoms with van der Waals surface area (Å²) in [6.45, 7) is 5.10. The van der Waals surface area contributed by atoms with E-state index in [1.807, 2.05) is 62.4 Å². The molecule has 7 heteroatoms. The number of rotatable bonds is 5. The highest BCUT2D eigenvalue weighted by molar-refractivity contribution is 6.00. The van der Waals surface area contributed by atoms with Crippen LogP contribution in [0, 0.1) is 6.92 Å². The summed E-state index contributed by atoms with van der Waals surface area (Å²) in [5.41, 5.74) is 4.74. The van der Waals surface area contributed by atoms with Crippen LogP contribution in [0.5, 0.6) is 0 Å². The minimum Gasteiger partial charge on any atom is -0.383 e. The maximum Gasteiger partial charge on any atom is 0.225 e. The van der Waals surface area contributed by atoms with E-state index in [2.05, 4.69) is 30.8 Å². The van der Waals surface area contributed by atoms with Crippen LogP contribution in [-0.2, 0) is 6.54 Å². The highest BCUT2D eigenvalue weighted by Crippen LogP contribution is 2.20. The fourth-order valence-electron chi connectivity index (χ4n) is 2.80. The Morgan fingerprint density at radius 1 is 1.15 bits per heavy atom. The number of benzene rings is 1. The van der Waals surface area contributed by atoms with Crippen LogP contribution in [0.2, 0.25) is 0 Å². The van der Waals surface area contributed by atoms with Crippen LogP contribution < -0.4 is 10.6 Å². The zero-order valence-corrected chi connectivity index (χ0v) is 15.2. The van der Waals surface area contributed by atoms with Crippen molar-refractivity contribution in [1.29, 1.82) is 0 Å². The monoisotopic (exact) mass is 360 g/mol. The van der Waals surface area contributed by atoms with Gasteiger partial charge in [0.25, 0.3) is 0 Å². The Hall–Kier alpha value is -3.48. The largest absolute Gasteiger partial charge is 0.383 e. The topological polar surface area (TPSA) is 88.2 Å². The molecule has 0 amide bonds. The summed E-state index contributed by atoms with van der Waals surface area (Å²) in [7, 11) is 0. The van der Waals surface area contributed by atoms with Crippen molar-refractivity contribution < 1.29 is 4.52 Å². The Morgan fingerprint density at radius 3 is 2.78 bits per heavy atom. The van der Waals surface area contributed by atoms with Gasteiger partial charge in [0.15, 0.2) is 11.6 Å². The fraction of sp³-hybridized carbons (Fsp3) is 0.200. The van der Waals surface area contributed by atoms with E-state index in [-0.39, 0.29) is 0 Å². The third kappa shape index (κ3) is 4.20. The van der Waals surface area contributed by atoms with Gasteiger partial charge in [-0.2, -0.15) is 4.98 Å². The molecule has 27 heavy (non-hydrogen) atoms. The SMILES string of the molecule is CC1=CC(=Nc2cc(C)nc(NCc3cc(-c4ccccc4)no3)n2)CN1. The molecule has 3 aromatic rings. The van der Waals surface area contributed by atoms with E-state index in [4.69, 9.17) is 4.52 Å². The molecule has 136 valence electrons. The van der Waals surface area contributed by atoms with E-state index in [9.17, 15) is 0 Å². The summed E-state index contributed by atoms with van der Waals surface area (Å²) in [5.74, 6) is 1.86. The van der Waals surface area contributed by atoms with Gasteiger partial charge in [0.2, 0.25) is 5.95 Å². The molecule has 1 aromatic carbocycles. The Bertz CT molecular complexity index is 1010. The van der Waals surface area contributed by atoms with E-state index < -0.39 is 0 Å². The summed E-state index contributed by atoms with van der Waals surface area (Å²) in [4.78, 5) is 13.5. The molecule has 2 aromatic heterocycles. The molecule has 1 aliphatic rings. The Labute approximate surface area is 157 Å². The molecule has 0 spiro atoms. The van der Waals surface area contributed by atoms with Gasteiger partial charge in [-0.25, -0.2) is 9.98 Å². The molecule has 0 aliphatic carbocycles.